The number of hydrogen-bond donors (Lipinski definition) is 1. The van der Waals surface area contributed by atoms with Gasteiger partial charge in [-0.15, -0.1) is 0 Å². The SMILES string of the molecule is CC(C)C(N)C(=O)OC(c1ccccc1)c1ccccc1. The van der Waals surface area contributed by atoms with Gasteiger partial charge in [-0.25, -0.2) is 0 Å². The van der Waals surface area contributed by atoms with Gasteiger partial charge >= 0.3 is 5.97 Å². The highest BCUT2D eigenvalue weighted by molar-refractivity contribution is 5.76. The lowest BCUT2D eigenvalue weighted by molar-refractivity contribution is -0.150. The molecule has 0 aliphatic rings. The Kier molecular flexibility index (Phi) is 5.12. The number of benzene rings is 2. The molecule has 2 N–H and O–H groups in total. The molecule has 110 valence electrons. The zero-order chi connectivity index (χ0) is 15.2. The Morgan fingerprint density at radius 1 is 0.905 bits per heavy atom. The van der Waals surface area contributed by atoms with E-state index in [4.69, 9.17) is 10.5 Å². The van der Waals surface area contributed by atoms with E-state index in [9.17, 15) is 4.79 Å². The Labute approximate surface area is 125 Å². The highest BCUT2D eigenvalue weighted by Gasteiger charge is 2.24. The van der Waals surface area contributed by atoms with E-state index in [1.165, 1.54) is 0 Å². The first kappa shape index (κ1) is 15.3. The second-order valence-corrected chi connectivity index (χ2v) is 5.41. The summed E-state index contributed by atoms with van der Waals surface area (Å²) in [5.41, 5.74) is 7.77. The van der Waals surface area contributed by atoms with E-state index in [1.807, 2.05) is 74.5 Å². The van der Waals surface area contributed by atoms with Crippen LogP contribution in [0.15, 0.2) is 60.7 Å². The molecule has 0 aliphatic heterocycles. The zero-order valence-corrected chi connectivity index (χ0v) is 12.4. The molecule has 2 rings (SSSR count). The van der Waals surface area contributed by atoms with E-state index in [-0.39, 0.29) is 11.9 Å². The van der Waals surface area contributed by atoms with Crippen LogP contribution in [-0.2, 0) is 9.53 Å². The summed E-state index contributed by atoms with van der Waals surface area (Å²) in [7, 11) is 0. The highest BCUT2D eigenvalue weighted by atomic mass is 16.5. The Morgan fingerprint density at radius 2 is 1.33 bits per heavy atom. The van der Waals surface area contributed by atoms with Crippen LogP contribution in [0.4, 0.5) is 0 Å². The number of nitrogens with two attached hydrogens (primary N) is 1. The smallest absolute Gasteiger partial charge is 0.324 e. The van der Waals surface area contributed by atoms with Crippen LogP contribution in [0.5, 0.6) is 0 Å². The first-order valence-electron chi connectivity index (χ1n) is 7.15. The third kappa shape index (κ3) is 3.92. The summed E-state index contributed by atoms with van der Waals surface area (Å²) in [4.78, 5) is 12.2. The Morgan fingerprint density at radius 3 is 1.71 bits per heavy atom. The molecule has 1 atom stereocenters. The molecule has 0 amide bonds. The molecular weight excluding hydrogens is 262 g/mol. The van der Waals surface area contributed by atoms with Gasteiger partial charge in [0, 0.05) is 0 Å². The molecule has 0 fully saturated rings. The summed E-state index contributed by atoms with van der Waals surface area (Å²) < 4.78 is 5.68. The first-order chi connectivity index (χ1) is 10.1. The van der Waals surface area contributed by atoms with Gasteiger partial charge in [-0.1, -0.05) is 74.5 Å². The number of carbonyl (C=O) groups is 1. The standard InChI is InChI=1S/C18H21NO2/c1-13(2)16(19)18(20)21-17(14-9-5-3-6-10-14)15-11-7-4-8-12-15/h3-13,16-17H,19H2,1-2H3. The lowest BCUT2D eigenvalue weighted by Crippen LogP contribution is -2.37. The Balaban J connectivity index is 2.28. The third-order valence-electron chi connectivity index (χ3n) is 3.43. The van der Waals surface area contributed by atoms with Crippen LogP contribution >= 0.6 is 0 Å². The van der Waals surface area contributed by atoms with Gasteiger partial charge in [-0.05, 0) is 17.0 Å². The molecule has 0 saturated heterocycles. The van der Waals surface area contributed by atoms with Gasteiger partial charge in [0.05, 0.1) is 0 Å². The average molecular weight is 283 g/mol. The number of ether oxygens (including phenoxy) is 1. The van der Waals surface area contributed by atoms with E-state index >= 15 is 0 Å². The van der Waals surface area contributed by atoms with Crippen molar-refractivity contribution in [3.8, 4) is 0 Å². The van der Waals surface area contributed by atoms with Crippen molar-refractivity contribution in [1.82, 2.24) is 0 Å². The van der Waals surface area contributed by atoms with E-state index in [1.54, 1.807) is 0 Å². The summed E-state index contributed by atoms with van der Waals surface area (Å²) in [5.74, 6) is -0.326. The predicted octanol–water partition coefficient (Wildman–Crippen LogP) is 3.30. The summed E-state index contributed by atoms with van der Waals surface area (Å²) in [6.07, 6.45) is -0.426. The van der Waals surface area contributed by atoms with Crippen molar-refractivity contribution in [2.75, 3.05) is 0 Å². The number of rotatable bonds is 5. The van der Waals surface area contributed by atoms with Crippen LogP contribution in [0.25, 0.3) is 0 Å². The molecule has 0 bridgehead atoms. The normalized spacial score (nSPS) is 12.4. The van der Waals surface area contributed by atoms with Crippen molar-refractivity contribution >= 4 is 5.97 Å². The van der Waals surface area contributed by atoms with Crippen molar-refractivity contribution < 1.29 is 9.53 Å². The van der Waals surface area contributed by atoms with E-state index in [0.717, 1.165) is 11.1 Å². The lowest BCUT2D eigenvalue weighted by atomic mass is 10.0. The van der Waals surface area contributed by atoms with Gasteiger partial charge in [0.15, 0.2) is 6.10 Å². The van der Waals surface area contributed by atoms with Crippen molar-refractivity contribution in [1.29, 1.82) is 0 Å². The minimum absolute atomic E-state index is 0.0460. The van der Waals surface area contributed by atoms with Crippen molar-refractivity contribution in [2.24, 2.45) is 11.7 Å². The van der Waals surface area contributed by atoms with E-state index in [2.05, 4.69) is 0 Å². The molecule has 0 aliphatic carbocycles. The molecular formula is C18H21NO2. The van der Waals surface area contributed by atoms with Gasteiger partial charge in [-0.2, -0.15) is 0 Å². The second kappa shape index (κ2) is 7.04. The maximum Gasteiger partial charge on any atom is 0.324 e. The maximum absolute atomic E-state index is 12.2. The third-order valence-corrected chi connectivity index (χ3v) is 3.43. The number of hydrogen-bond acceptors (Lipinski definition) is 3. The molecule has 0 heterocycles. The molecule has 0 aromatic heterocycles. The summed E-state index contributed by atoms with van der Waals surface area (Å²) in [6, 6.07) is 18.8. The van der Waals surface area contributed by atoms with Crippen molar-refractivity contribution in [2.45, 2.75) is 26.0 Å². The number of carbonyl (C=O) groups excluding carboxylic acids is 1. The molecule has 0 radical (unpaired) electrons. The fourth-order valence-corrected chi connectivity index (χ4v) is 2.05. The maximum atomic E-state index is 12.2. The predicted molar refractivity (Wildman–Crippen MR) is 83.6 cm³/mol. The Bertz CT molecular complexity index is 527. The van der Waals surface area contributed by atoms with E-state index < -0.39 is 12.1 Å². The minimum atomic E-state index is -0.611. The van der Waals surface area contributed by atoms with Crippen LogP contribution in [0.1, 0.15) is 31.1 Å². The largest absolute Gasteiger partial charge is 0.451 e. The highest BCUT2D eigenvalue weighted by Crippen LogP contribution is 2.26. The van der Waals surface area contributed by atoms with Crippen LogP contribution < -0.4 is 5.73 Å². The van der Waals surface area contributed by atoms with Gasteiger partial charge in [0.1, 0.15) is 6.04 Å². The van der Waals surface area contributed by atoms with Crippen LogP contribution in [0.2, 0.25) is 0 Å². The number of esters is 1. The molecule has 1 unspecified atom stereocenters. The fourth-order valence-electron chi connectivity index (χ4n) is 2.05. The Hall–Kier alpha value is -2.13. The minimum Gasteiger partial charge on any atom is -0.451 e. The van der Waals surface area contributed by atoms with Crippen LogP contribution in [0, 0.1) is 5.92 Å². The molecule has 2 aromatic carbocycles. The summed E-state index contributed by atoms with van der Waals surface area (Å²) in [6.45, 7) is 3.82. The quantitative estimate of drug-likeness (QED) is 0.857. The van der Waals surface area contributed by atoms with Crippen molar-refractivity contribution in [3.05, 3.63) is 71.8 Å². The molecule has 0 saturated carbocycles. The molecule has 0 spiro atoms. The second-order valence-electron chi connectivity index (χ2n) is 5.41. The van der Waals surface area contributed by atoms with E-state index in [0.29, 0.717) is 0 Å². The lowest BCUT2D eigenvalue weighted by Gasteiger charge is -2.22. The topological polar surface area (TPSA) is 52.3 Å². The molecule has 21 heavy (non-hydrogen) atoms. The average Bonchev–Trinajstić information content (AvgIpc) is 2.53. The van der Waals surface area contributed by atoms with Crippen LogP contribution in [0.3, 0.4) is 0 Å². The van der Waals surface area contributed by atoms with Gasteiger partial charge in [-0.3, -0.25) is 4.79 Å². The molecule has 3 nitrogen and oxygen atoms in total. The molecule has 2 aromatic rings. The van der Waals surface area contributed by atoms with Gasteiger partial charge in [0.2, 0.25) is 0 Å². The summed E-state index contributed by atoms with van der Waals surface area (Å²) >= 11 is 0. The fraction of sp³-hybridized carbons (Fsp3) is 0.278. The van der Waals surface area contributed by atoms with Crippen LogP contribution in [-0.4, -0.2) is 12.0 Å². The van der Waals surface area contributed by atoms with Gasteiger partial charge < -0.3 is 10.5 Å². The van der Waals surface area contributed by atoms with Gasteiger partial charge in [0.25, 0.3) is 0 Å². The summed E-state index contributed by atoms with van der Waals surface area (Å²) in [5, 5.41) is 0. The first-order valence-corrected chi connectivity index (χ1v) is 7.15. The molecule has 3 heteroatoms. The zero-order valence-electron chi connectivity index (χ0n) is 12.4. The monoisotopic (exact) mass is 283 g/mol. The van der Waals surface area contributed by atoms with Crippen molar-refractivity contribution in [3.63, 3.8) is 0 Å².